The van der Waals surface area contributed by atoms with Crippen LogP contribution in [-0.4, -0.2) is 30.5 Å². The van der Waals surface area contributed by atoms with E-state index in [9.17, 15) is 9.18 Å². The lowest BCUT2D eigenvalue weighted by Gasteiger charge is -2.31. The molecule has 0 radical (unpaired) electrons. The number of carbonyl (C=O) groups excluding carboxylic acids is 1. The first kappa shape index (κ1) is 18.0. The second-order valence-corrected chi connectivity index (χ2v) is 8.08. The van der Waals surface area contributed by atoms with Crippen molar-refractivity contribution in [1.29, 1.82) is 0 Å². The zero-order chi connectivity index (χ0) is 18.8. The highest BCUT2D eigenvalue weighted by Crippen LogP contribution is 2.34. The van der Waals surface area contributed by atoms with Gasteiger partial charge in [-0.15, -0.1) is 11.3 Å². The summed E-state index contributed by atoms with van der Waals surface area (Å²) in [5.74, 6) is 1.11. The van der Waals surface area contributed by atoms with E-state index in [0.717, 1.165) is 41.9 Å². The first-order valence-electron chi connectivity index (χ1n) is 9.28. The Balaban J connectivity index is 1.39. The van der Waals surface area contributed by atoms with E-state index in [2.05, 4.69) is 0 Å². The van der Waals surface area contributed by atoms with Crippen molar-refractivity contribution in [2.24, 2.45) is 5.92 Å². The zero-order valence-corrected chi connectivity index (χ0v) is 16.1. The van der Waals surface area contributed by atoms with E-state index in [1.54, 1.807) is 6.07 Å². The maximum Gasteiger partial charge on any atom is 0.264 e. The largest absolute Gasteiger partial charge is 0.493 e. The minimum atomic E-state index is -0.253. The third-order valence-electron chi connectivity index (χ3n) is 5.23. The van der Waals surface area contributed by atoms with Crippen LogP contribution in [0.5, 0.6) is 5.75 Å². The Labute approximate surface area is 162 Å². The highest BCUT2D eigenvalue weighted by molar-refractivity contribution is 7.21. The van der Waals surface area contributed by atoms with Gasteiger partial charge in [-0.3, -0.25) is 4.79 Å². The Kier molecular flexibility index (Phi) is 5.12. The van der Waals surface area contributed by atoms with Crippen LogP contribution in [0.1, 0.15) is 28.1 Å². The van der Waals surface area contributed by atoms with Gasteiger partial charge < -0.3 is 9.64 Å². The van der Waals surface area contributed by atoms with Crippen LogP contribution in [0.4, 0.5) is 4.39 Å². The number of halogens is 1. The summed E-state index contributed by atoms with van der Waals surface area (Å²) in [5, 5.41) is 0.581. The van der Waals surface area contributed by atoms with E-state index in [1.165, 1.54) is 17.4 Å². The number of para-hydroxylation sites is 1. The molecule has 0 aliphatic carbocycles. The highest BCUT2D eigenvalue weighted by atomic mass is 32.1. The third kappa shape index (κ3) is 3.69. The number of amides is 1. The monoisotopic (exact) mass is 383 g/mol. The van der Waals surface area contributed by atoms with Crippen molar-refractivity contribution < 1.29 is 13.9 Å². The number of thiophene rings is 1. The average molecular weight is 383 g/mol. The van der Waals surface area contributed by atoms with Gasteiger partial charge in [0.2, 0.25) is 0 Å². The van der Waals surface area contributed by atoms with Gasteiger partial charge in [-0.2, -0.15) is 0 Å². The summed E-state index contributed by atoms with van der Waals surface area (Å²) in [6.45, 7) is 3.96. The number of likely N-dealkylation sites (tertiary alicyclic amines) is 1. The van der Waals surface area contributed by atoms with Crippen molar-refractivity contribution in [2.75, 3.05) is 19.7 Å². The molecule has 27 heavy (non-hydrogen) atoms. The quantitative estimate of drug-likeness (QED) is 0.613. The summed E-state index contributed by atoms with van der Waals surface area (Å²) in [5.41, 5.74) is 0.757. The van der Waals surface area contributed by atoms with Gasteiger partial charge in [0.1, 0.15) is 11.6 Å². The maximum absolute atomic E-state index is 14.1. The van der Waals surface area contributed by atoms with Gasteiger partial charge in [-0.05, 0) is 55.5 Å². The average Bonchev–Trinajstić information content (AvgIpc) is 3.05. The van der Waals surface area contributed by atoms with E-state index in [1.807, 2.05) is 48.2 Å². The summed E-state index contributed by atoms with van der Waals surface area (Å²) < 4.78 is 20.8. The van der Waals surface area contributed by atoms with Gasteiger partial charge in [-0.25, -0.2) is 4.39 Å². The fourth-order valence-corrected chi connectivity index (χ4v) is 4.83. The minimum absolute atomic E-state index is 0.0236. The molecule has 0 atom stereocenters. The maximum atomic E-state index is 14.1. The van der Waals surface area contributed by atoms with E-state index in [0.29, 0.717) is 22.8 Å². The van der Waals surface area contributed by atoms with Crippen LogP contribution in [0.25, 0.3) is 10.1 Å². The molecule has 140 valence electrons. The molecule has 1 aliphatic heterocycles. The standard InChI is InChI=1S/C22H22FNO2S/c1-15-20-18(23)8-5-9-19(20)27-21(15)22(25)24-12-10-16(11-13-24)14-26-17-6-3-2-4-7-17/h2-9,16H,10-14H2,1H3. The third-order valence-corrected chi connectivity index (χ3v) is 6.47. The van der Waals surface area contributed by atoms with Crippen molar-refractivity contribution >= 4 is 27.3 Å². The number of nitrogens with zero attached hydrogens (tertiary/aromatic N) is 1. The number of aryl methyl sites for hydroxylation is 1. The summed E-state index contributed by atoms with van der Waals surface area (Å²) in [6, 6.07) is 14.8. The summed E-state index contributed by atoms with van der Waals surface area (Å²) in [7, 11) is 0. The number of hydrogen-bond donors (Lipinski definition) is 0. The Hall–Kier alpha value is -2.40. The van der Waals surface area contributed by atoms with Crippen LogP contribution in [-0.2, 0) is 0 Å². The summed E-state index contributed by atoms with van der Waals surface area (Å²) >= 11 is 1.39. The SMILES string of the molecule is Cc1c(C(=O)N2CCC(COc3ccccc3)CC2)sc2cccc(F)c12. The molecule has 5 heteroatoms. The number of fused-ring (bicyclic) bond motifs is 1. The predicted octanol–water partition coefficient (Wildman–Crippen LogP) is 5.28. The van der Waals surface area contributed by atoms with Crippen molar-refractivity contribution in [3.8, 4) is 5.75 Å². The molecule has 2 heterocycles. The Morgan fingerprint density at radius 3 is 2.59 bits per heavy atom. The number of ether oxygens (including phenoxy) is 1. The number of benzene rings is 2. The molecule has 1 fully saturated rings. The molecular formula is C22H22FNO2S. The molecule has 2 aromatic carbocycles. The lowest BCUT2D eigenvalue weighted by molar-refractivity contribution is 0.0665. The van der Waals surface area contributed by atoms with Crippen LogP contribution in [0.3, 0.4) is 0 Å². The molecule has 0 bridgehead atoms. The fraction of sp³-hybridized carbons (Fsp3) is 0.318. The fourth-order valence-electron chi connectivity index (χ4n) is 3.63. The number of piperidine rings is 1. The second kappa shape index (κ2) is 7.69. The summed E-state index contributed by atoms with van der Waals surface area (Å²) in [4.78, 5) is 15.5. The normalized spacial score (nSPS) is 15.3. The topological polar surface area (TPSA) is 29.5 Å². The second-order valence-electron chi connectivity index (χ2n) is 7.03. The predicted molar refractivity (Wildman–Crippen MR) is 107 cm³/mol. The van der Waals surface area contributed by atoms with Gasteiger partial charge in [0, 0.05) is 23.2 Å². The van der Waals surface area contributed by atoms with Crippen LogP contribution in [0, 0.1) is 18.7 Å². The van der Waals surface area contributed by atoms with Crippen LogP contribution in [0.15, 0.2) is 48.5 Å². The van der Waals surface area contributed by atoms with E-state index in [4.69, 9.17) is 4.74 Å². The lowest BCUT2D eigenvalue weighted by Crippen LogP contribution is -2.39. The molecule has 0 unspecified atom stereocenters. The molecule has 1 saturated heterocycles. The molecule has 1 aromatic heterocycles. The molecule has 0 spiro atoms. The lowest BCUT2D eigenvalue weighted by atomic mass is 9.97. The smallest absolute Gasteiger partial charge is 0.264 e. The van der Waals surface area contributed by atoms with Crippen LogP contribution >= 0.6 is 11.3 Å². The number of rotatable bonds is 4. The van der Waals surface area contributed by atoms with Crippen LogP contribution < -0.4 is 4.74 Å². The Morgan fingerprint density at radius 1 is 1.15 bits per heavy atom. The minimum Gasteiger partial charge on any atom is -0.493 e. The van der Waals surface area contributed by atoms with Gasteiger partial charge in [-0.1, -0.05) is 24.3 Å². The first-order valence-corrected chi connectivity index (χ1v) is 10.1. The van der Waals surface area contributed by atoms with E-state index in [-0.39, 0.29) is 11.7 Å². The Bertz CT molecular complexity index is 946. The van der Waals surface area contributed by atoms with E-state index < -0.39 is 0 Å². The van der Waals surface area contributed by atoms with Crippen molar-refractivity contribution in [3.05, 3.63) is 64.8 Å². The number of hydrogen-bond acceptors (Lipinski definition) is 3. The molecule has 4 rings (SSSR count). The van der Waals surface area contributed by atoms with Gasteiger partial charge in [0.05, 0.1) is 11.5 Å². The molecule has 1 aliphatic rings. The highest BCUT2D eigenvalue weighted by Gasteiger charge is 2.27. The molecule has 0 saturated carbocycles. The van der Waals surface area contributed by atoms with Gasteiger partial charge in [0.25, 0.3) is 5.91 Å². The molecule has 0 N–H and O–H groups in total. The molecular weight excluding hydrogens is 361 g/mol. The number of carbonyl (C=O) groups is 1. The molecule has 3 nitrogen and oxygen atoms in total. The van der Waals surface area contributed by atoms with Gasteiger partial charge >= 0.3 is 0 Å². The zero-order valence-electron chi connectivity index (χ0n) is 15.3. The summed E-state index contributed by atoms with van der Waals surface area (Å²) in [6.07, 6.45) is 1.85. The molecule has 1 amide bonds. The first-order chi connectivity index (χ1) is 13.1. The van der Waals surface area contributed by atoms with E-state index >= 15 is 0 Å². The van der Waals surface area contributed by atoms with Crippen molar-refractivity contribution in [2.45, 2.75) is 19.8 Å². The molecule has 3 aromatic rings. The van der Waals surface area contributed by atoms with Crippen molar-refractivity contribution in [1.82, 2.24) is 4.90 Å². The Morgan fingerprint density at radius 2 is 1.89 bits per heavy atom. The van der Waals surface area contributed by atoms with Gasteiger partial charge in [0.15, 0.2) is 0 Å². The van der Waals surface area contributed by atoms with Crippen molar-refractivity contribution in [3.63, 3.8) is 0 Å². The van der Waals surface area contributed by atoms with Crippen LogP contribution in [0.2, 0.25) is 0 Å².